The summed E-state index contributed by atoms with van der Waals surface area (Å²) in [7, 11) is 1.62. The molecular formula is C8H10BrNO3. The third kappa shape index (κ3) is 2.32. The standard InChI is InChI=1S/C8H10BrNO3/c1-10(3-4-11)8(12)6-2-5-13-7(6)9/h2,5,11H,3-4H2,1H3. The number of rotatable bonds is 3. The molecule has 0 bridgehead atoms. The van der Waals surface area contributed by atoms with Gasteiger partial charge in [0.2, 0.25) is 0 Å². The molecule has 0 aliphatic heterocycles. The van der Waals surface area contributed by atoms with Gasteiger partial charge in [0.05, 0.1) is 18.4 Å². The predicted molar refractivity (Wildman–Crippen MR) is 50.5 cm³/mol. The lowest BCUT2D eigenvalue weighted by Crippen LogP contribution is -2.29. The van der Waals surface area contributed by atoms with E-state index in [9.17, 15) is 4.79 Å². The van der Waals surface area contributed by atoms with Crippen LogP contribution in [0.25, 0.3) is 0 Å². The Bertz CT molecular complexity index is 297. The topological polar surface area (TPSA) is 53.7 Å². The second kappa shape index (κ2) is 4.43. The van der Waals surface area contributed by atoms with Crippen molar-refractivity contribution in [3.63, 3.8) is 0 Å². The molecule has 0 fully saturated rings. The molecule has 1 amide bonds. The number of furan rings is 1. The Hall–Kier alpha value is -0.810. The first-order valence-electron chi connectivity index (χ1n) is 3.76. The van der Waals surface area contributed by atoms with Gasteiger partial charge < -0.3 is 14.4 Å². The number of hydrogen-bond acceptors (Lipinski definition) is 3. The highest BCUT2D eigenvalue weighted by atomic mass is 79.9. The maximum Gasteiger partial charge on any atom is 0.258 e. The van der Waals surface area contributed by atoms with E-state index < -0.39 is 0 Å². The molecule has 1 N–H and O–H groups in total. The van der Waals surface area contributed by atoms with Crippen LogP contribution >= 0.6 is 15.9 Å². The minimum absolute atomic E-state index is 0.0439. The number of hydrogen-bond donors (Lipinski definition) is 1. The molecule has 0 spiro atoms. The van der Waals surface area contributed by atoms with Crippen molar-refractivity contribution >= 4 is 21.8 Å². The van der Waals surface area contributed by atoms with Crippen LogP contribution in [-0.4, -0.2) is 36.1 Å². The monoisotopic (exact) mass is 247 g/mol. The van der Waals surface area contributed by atoms with Gasteiger partial charge >= 0.3 is 0 Å². The Balaban J connectivity index is 2.73. The van der Waals surface area contributed by atoms with Crippen LogP contribution < -0.4 is 0 Å². The van der Waals surface area contributed by atoms with E-state index in [1.807, 2.05) is 0 Å². The Morgan fingerprint density at radius 1 is 1.77 bits per heavy atom. The lowest BCUT2D eigenvalue weighted by Gasteiger charge is -2.14. The van der Waals surface area contributed by atoms with Gasteiger partial charge in [-0.05, 0) is 22.0 Å². The number of amides is 1. The van der Waals surface area contributed by atoms with Crippen molar-refractivity contribution < 1.29 is 14.3 Å². The van der Waals surface area contributed by atoms with Gasteiger partial charge in [-0.3, -0.25) is 4.79 Å². The Morgan fingerprint density at radius 3 is 2.92 bits per heavy atom. The largest absolute Gasteiger partial charge is 0.457 e. The summed E-state index contributed by atoms with van der Waals surface area (Å²) in [5.74, 6) is -0.172. The Labute approximate surface area is 84.3 Å². The number of aliphatic hydroxyl groups is 1. The summed E-state index contributed by atoms with van der Waals surface area (Å²) in [4.78, 5) is 13.0. The summed E-state index contributed by atoms with van der Waals surface area (Å²) in [6, 6.07) is 1.58. The molecular weight excluding hydrogens is 238 g/mol. The second-order valence-electron chi connectivity index (χ2n) is 2.56. The molecule has 13 heavy (non-hydrogen) atoms. The van der Waals surface area contributed by atoms with Gasteiger partial charge in [0.15, 0.2) is 4.67 Å². The van der Waals surface area contributed by atoms with E-state index >= 15 is 0 Å². The Morgan fingerprint density at radius 2 is 2.46 bits per heavy atom. The lowest BCUT2D eigenvalue weighted by molar-refractivity contribution is 0.0765. The van der Waals surface area contributed by atoms with E-state index in [0.717, 1.165) is 0 Å². The van der Waals surface area contributed by atoms with Gasteiger partial charge in [-0.25, -0.2) is 0 Å². The molecule has 0 radical (unpaired) electrons. The van der Waals surface area contributed by atoms with Gasteiger partial charge in [0, 0.05) is 13.6 Å². The Kier molecular flexibility index (Phi) is 3.50. The highest BCUT2D eigenvalue weighted by molar-refractivity contribution is 9.10. The highest BCUT2D eigenvalue weighted by Crippen LogP contribution is 2.18. The fraction of sp³-hybridized carbons (Fsp3) is 0.375. The van der Waals surface area contributed by atoms with E-state index in [1.54, 1.807) is 13.1 Å². The normalized spacial score (nSPS) is 10.1. The molecule has 1 rings (SSSR count). The molecule has 1 aromatic heterocycles. The minimum atomic E-state index is -0.172. The SMILES string of the molecule is CN(CCO)C(=O)c1ccoc1Br. The van der Waals surface area contributed by atoms with Crippen LogP contribution in [0.15, 0.2) is 21.4 Å². The van der Waals surface area contributed by atoms with Gasteiger partial charge in [-0.15, -0.1) is 0 Å². The van der Waals surface area contributed by atoms with Crippen LogP contribution in [0.5, 0.6) is 0 Å². The number of nitrogens with zero attached hydrogens (tertiary/aromatic N) is 1. The van der Waals surface area contributed by atoms with Crippen LogP contribution in [0, 0.1) is 0 Å². The maximum absolute atomic E-state index is 11.5. The molecule has 1 heterocycles. The maximum atomic E-state index is 11.5. The average Bonchev–Trinajstić information content (AvgIpc) is 2.50. The van der Waals surface area contributed by atoms with Gasteiger partial charge in [0.25, 0.3) is 5.91 Å². The van der Waals surface area contributed by atoms with Crippen LogP contribution in [0.2, 0.25) is 0 Å². The molecule has 0 saturated carbocycles. The first-order valence-corrected chi connectivity index (χ1v) is 4.55. The van der Waals surface area contributed by atoms with Crippen molar-refractivity contribution in [3.8, 4) is 0 Å². The van der Waals surface area contributed by atoms with Crippen molar-refractivity contribution in [2.24, 2.45) is 0 Å². The first-order chi connectivity index (χ1) is 6.16. The number of halogens is 1. The third-order valence-corrected chi connectivity index (χ3v) is 2.24. The van der Waals surface area contributed by atoms with Crippen LogP contribution in [0.1, 0.15) is 10.4 Å². The van der Waals surface area contributed by atoms with Crippen molar-refractivity contribution in [1.82, 2.24) is 4.90 Å². The molecule has 0 aromatic carbocycles. The van der Waals surface area contributed by atoms with E-state index in [-0.39, 0.29) is 12.5 Å². The summed E-state index contributed by atoms with van der Waals surface area (Å²) in [6.07, 6.45) is 1.43. The fourth-order valence-corrected chi connectivity index (χ4v) is 1.31. The molecule has 0 saturated heterocycles. The lowest BCUT2D eigenvalue weighted by atomic mass is 10.3. The molecule has 5 heteroatoms. The minimum Gasteiger partial charge on any atom is -0.457 e. The quantitative estimate of drug-likeness (QED) is 0.871. The summed E-state index contributed by atoms with van der Waals surface area (Å²) in [6.45, 7) is 0.272. The van der Waals surface area contributed by atoms with E-state index in [4.69, 9.17) is 9.52 Å². The molecule has 0 aliphatic rings. The third-order valence-electron chi connectivity index (χ3n) is 1.63. The van der Waals surface area contributed by atoms with Crippen molar-refractivity contribution in [2.75, 3.05) is 20.2 Å². The first kappa shape index (κ1) is 10.3. The predicted octanol–water partition coefficient (Wildman–Crippen LogP) is 1.11. The van der Waals surface area contributed by atoms with Crippen LogP contribution in [0.3, 0.4) is 0 Å². The number of aliphatic hydroxyl groups excluding tert-OH is 1. The van der Waals surface area contributed by atoms with E-state index in [1.165, 1.54) is 11.2 Å². The summed E-state index contributed by atoms with van der Waals surface area (Å²) in [5.41, 5.74) is 0.468. The molecule has 0 aliphatic carbocycles. The second-order valence-corrected chi connectivity index (χ2v) is 3.28. The number of carbonyl (C=O) groups is 1. The van der Waals surface area contributed by atoms with E-state index in [0.29, 0.717) is 16.8 Å². The molecule has 0 unspecified atom stereocenters. The van der Waals surface area contributed by atoms with Crippen molar-refractivity contribution in [3.05, 3.63) is 22.6 Å². The van der Waals surface area contributed by atoms with Crippen LogP contribution in [0.4, 0.5) is 0 Å². The summed E-state index contributed by atoms with van der Waals surface area (Å²) in [5, 5.41) is 8.62. The number of likely N-dealkylation sites (N-methyl/N-ethyl adjacent to an activating group) is 1. The van der Waals surface area contributed by atoms with Gasteiger partial charge in [-0.2, -0.15) is 0 Å². The molecule has 4 nitrogen and oxygen atoms in total. The molecule has 72 valence electrons. The average molecular weight is 248 g/mol. The van der Waals surface area contributed by atoms with Crippen molar-refractivity contribution in [2.45, 2.75) is 0 Å². The zero-order valence-electron chi connectivity index (χ0n) is 7.16. The molecule has 1 aromatic rings. The highest BCUT2D eigenvalue weighted by Gasteiger charge is 2.16. The van der Waals surface area contributed by atoms with Crippen LogP contribution in [-0.2, 0) is 0 Å². The zero-order valence-corrected chi connectivity index (χ0v) is 8.74. The van der Waals surface area contributed by atoms with Gasteiger partial charge in [0.1, 0.15) is 0 Å². The summed E-state index contributed by atoms with van der Waals surface area (Å²) < 4.78 is 5.34. The van der Waals surface area contributed by atoms with Crippen molar-refractivity contribution in [1.29, 1.82) is 0 Å². The number of carbonyl (C=O) groups excluding carboxylic acids is 1. The zero-order chi connectivity index (χ0) is 9.84. The van der Waals surface area contributed by atoms with Gasteiger partial charge in [-0.1, -0.05) is 0 Å². The molecule has 0 atom stereocenters. The smallest absolute Gasteiger partial charge is 0.258 e. The van der Waals surface area contributed by atoms with E-state index in [2.05, 4.69) is 15.9 Å². The fourth-order valence-electron chi connectivity index (χ4n) is 0.903. The summed E-state index contributed by atoms with van der Waals surface area (Å²) >= 11 is 3.11.